The van der Waals surface area contributed by atoms with E-state index in [2.05, 4.69) is 0 Å². The summed E-state index contributed by atoms with van der Waals surface area (Å²) in [6.45, 7) is 2.11. The number of non-ortho nitro benzene ring substituents is 1. The summed E-state index contributed by atoms with van der Waals surface area (Å²) in [7, 11) is 1.54. The van der Waals surface area contributed by atoms with Gasteiger partial charge in [-0.1, -0.05) is 6.92 Å². The lowest BCUT2D eigenvalue weighted by atomic mass is 9.97. The highest BCUT2D eigenvalue weighted by Crippen LogP contribution is 2.39. The average molecular weight is 574 g/mol. The standard InChI is InChI=1S/C29H23N3O10/c1-3-18-19-10-17(40-14-38-2)8-9-23(19)30-25-21(18)12-31-24(25)11-20-22(27(31)33)13-39-28(34)26(20)42-29(35)41-16-6-4-15(5-7-16)32(36)37/h4-11,26H,3,12-14H2,1-2H3/t26-/m0/s1. The molecule has 0 N–H and O–H groups in total. The van der Waals surface area contributed by atoms with E-state index in [1.165, 1.54) is 19.2 Å². The second-order valence-corrected chi connectivity index (χ2v) is 9.56. The number of cyclic esters (lactones) is 1. The molecule has 42 heavy (non-hydrogen) atoms. The van der Waals surface area contributed by atoms with E-state index in [0.29, 0.717) is 29.1 Å². The van der Waals surface area contributed by atoms with E-state index in [9.17, 15) is 24.5 Å². The van der Waals surface area contributed by atoms with Gasteiger partial charge in [-0.2, -0.15) is 0 Å². The van der Waals surface area contributed by atoms with E-state index in [-0.39, 0.29) is 48.1 Å². The van der Waals surface area contributed by atoms with Gasteiger partial charge in [0.05, 0.1) is 33.9 Å². The van der Waals surface area contributed by atoms with Crippen LogP contribution in [0.5, 0.6) is 11.5 Å². The molecule has 0 bridgehead atoms. The third-order valence-electron chi connectivity index (χ3n) is 7.18. The van der Waals surface area contributed by atoms with Crippen molar-refractivity contribution in [2.75, 3.05) is 13.9 Å². The van der Waals surface area contributed by atoms with Crippen molar-refractivity contribution in [1.29, 1.82) is 0 Å². The van der Waals surface area contributed by atoms with Crippen molar-refractivity contribution in [3.63, 3.8) is 0 Å². The Bertz CT molecular complexity index is 1830. The van der Waals surface area contributed by atoms with E-state index in [0.717, 1.165) is 28.6 Å². The summed E-state index contributed by atoms with van der Waals surface area (Å²) in [5.41, 5.74) is 3.43. The normalized spacial score (nSPS) is 14.9. The number of benzene rings is 2. The molecule has 0 unspecified atom stereocenters. The fraction of sp³-hybridized carbons (Fsp3) is 0.241. The Morgan fingerprint density at radius 1 is 1.12 bits per heavy atom. The highest BCUT2D eigenvalue weighted by atomic mass is 16.7. The minimum atomic E-state index is -1.56. The maximum absolute atomic E-state index is 13.6. The number of aryl methyl sites for hydroxylation is 1. The van der Waals surface area contributed by atoms with Crippen LogP contribution in [0.2, 0.25) is 0 Å². The molecular formula is C29H23N3O10. The van der Waals surface area contributed by atoms with E-state index in [4.69, 9.17) is 28.7 Å². The third kappa shape index (κ3) is 4.59. The van der Waals surface area contributed by atoms with Crippen LogP contribution in [-0.2, 0) is 38.6 Å². The van der Waals surface area contributed by atoms with E-state index < -0.39 is 23.2 Å². The number of nitro benzene ring substituents is 1. The summed E-state index contributed by atoms with van der Waals surface area (Å²) in [5, 5.41) is 11.8. The minimum Gasteiger partial charge on any atom is -0.468 e. The first-order chi connectivity index (χ1) is 20.3. The topological polar surface area (TPSA) is 158 Å². The number of nitro groups is 1. The summed E-state index contributed by atoms with van der Waals surface area (Å²) in [4.78, 5) is 54.1. The van der Waals surface area contributed by atoms with Crippen molar-refractivity contribution in [2.24, 2.45) is 0 Å². The number of pyridine rings is 2. The van der Waals surface area contributed by atoms with Crippen molar-refractivity contribution in [3.05, 3.63) is 91.3 Å². The fourth-order valence-corrected chi connectivity index (χ4v) is 5.26. The number of ether oxygens (including phenoxy) is 5. The predicted molar refractivity (Wildman–Crippen MR) is 145 cm³/mol. The summed E-state index contributed by atoms with van der Waals surface area (Å²) < 4.78 is 27.8. The number of rotatable bonds is 7. The summed E-state index contributed by atoms with van der Waals surface area (Å²) in [6.07, 6.45) is -2.14. The Hall–Kier alpha value is -5.30. The first-order valence-electron chi connectivity index (χ1n) is 12.9. The molecule has 2 aliphatic heterocycles. The molecule has 0 saturated heterocycles. The average Bonchev–Trinajstić information content (AvgIpc) is 3.35. The molecule has 13 nitrogen and oxygen atoms in total. The fourth-order valence-electron chi connectivity index (χ4n) is 5.26. The number of hydrogen-bond donors (Lipinski definition) is 0. The molecule has 4 heterocycles. The van der Waals surface area contributed by atoms with Crippen molar-refractivity contribution in [3.8, 4) is 22.9 Å². The molecule has 1 atom stereocenters. The number of carbonyl (C=O) groups excluding carboxylic acids is 2. The van der Waals surface area contributed by atoms with Gasteiger partial charge in [-0.25, -0.2) is 14.6 Å². The van der Waals surface area contributed by atoms with Gasteiger partial charge in [0.15, 0.2) is 6.79 Å². The van der Waals surface area contributed by atoms with Crippen LogP contribution in [0.4, 0.5) is 10.5 Å². The second kappa shape index (κ2) is 10.6. The predicted octanol–water partition coefficient (Wildman–Crippen LogP) is 4.19. The van der Waals surface area contributed by atoms with Crippen molar-refractivity contribution in [1.82, 2.24) is 9.55 Å². The lowest BCUT2D eigenvalue weighted by Crippen LogP contribution is -2.34. The molecule has 13 heteroatoms. The van der Waals surface area contributed by atoms with Crippen molar-refractivity contribution >= 4 is 28.7 Å². The molecule has 4 aromatic rings. The number of esters is 1. The molecule has 2 aromatic heterocycles. The summed E-state index contributed by atoms with van der Waals surface area (Å²) in [5.74, 6) is -0.271. The van der Waals surface area contributed by atoms with Crippen LogP contribution < -0.4 is 15.0 Å². The van der Waals surface area contributed by atoms with Crippen molar-refractivity contribution in [2.45, 2.75) is 32.6 Å². The molecule has 2 aliphatic rings. The van der Waals surface area contributed by atoms with Gasteiger partial charge < -0.3 is 28.3 Å². The molecule has 0 radical (unpaired) electrons. The van der Waals surface area contributed by atoms with Crippen LogP contribution in [-0.4, -0.2) is 40.5 Å². The third-order valence-corrected chi connectivity index (χ3v) is 7.18. The monoisotopic (exact) mass is 573 g/mol. The Kier molecular flexibility index (Phi) is 6.78. The number of carbonyl (C=O) groups is 2. The molecule has 6 rings (SSSR count). The van der Waals surface area contributed by atoms with Crippen LogP contribution in [0.25, 0.3) is 22.3 Å². The highest BCUT2D eigenvalue weighted by molar-refractivity contribution is 5.89. The molecule has 0 amide bonds. The lowest BCUT2D eigenvalue weighted by molar-refractivity contribution is -0.384. The first kappa shape index (κ1) is 26.9. The molecule has 0 fully saturated rings. The second-order valence-electron chi connectivity index (χ2n) is 9.56. The van der Waals surface area contributed by atoms with Gasteiger partial charge in [0.2, 0.25) is 6.10 Å². The van der Waals surface area contributed by atoms with Crippen LogP contribution in [0.3, 0.4) is 0 Å². The molecule has 0 aliphatic carbocycles. The van der Waals surface area contributed by atoms with Gasteiger partial charge in [0.25, 0.3) is 11.2 Å². The zero-order chi connectivity index (χ0) is 29.5. The van der Waals surface area contributed by atoms with Gasteiger partial charge >= 0.3 is 12.1 Å². The van der Waals surface area contributed by atoms with Gasteiger partial charge in [-0.15, -0.1) is 0 Å². The van der Waals surface area contributed by atoms with Gasteiger partial charge in [-0.05, 0) is 48.4 Å². The maximum atomic E-state index is 13.6. The Balaban J connectivity index is 1.36. The van der Waals surface area contributed by atoms with Gasteiger partial charge in [0, 0.05) is 35.8 Å². The van der Waals surface area contributed by atoms with Crippen LogP contribution in [0.15, 0.2) is 53.3 Å². The van der Waals surface area contributed by atoms with Crippen LogP contribution in [0.1, 0.15) is 35.3 Å². The Morgan fingerprint density at radius 3 is 2.60 bits per heavy atom. The Morgan fingerprint density at radius 2 is 1.88 bits per heavy atom. The Labute approximate surface area is 237 Å². The van der Waals surface area contributed by atoms with E-state index >= 15 is 0 Å². The summed E-state index contributed by atoms with van der Waals surface area (Å²) >= 11 is 0. The van der Waals surface area contributed by atoms with Gasteiger partial charge in [0.1, 0.15) is 18.1 Å². The SMILES string of the molecule is CCc1c2c(nc3ccc(OCOC)cc13)-c1cc3c(c(=O)n1C2)COC(=O)[C@H]3OC(=O)Oc1ccc([N+](=O)[O-])cc1. The largest absolute Gasteiger partial charge is 0.515 e. The maximum Gasteiger partial charge on any atom is 0.515 e. The zero-order valence-electron chi connectivity index (χ0n) is 22.4. The van der Waals surface area contributed by atoms with Crippen molar-refractivity contribution < 1.29 is 38.2 Å². The molecular weight excluding hydrogens is 550 g/mol. The zero-order valence-corrected chi connectivity index (χ0v) is 22.4. The smallest absolute Gasteiger partial charge is 0.468 e. The molecule has 2 aromatic carbocycles. The molecule has 214 valence electrons. The summed E-state index contributed by atoms with van der Waals surface area (Å²) in [6, 6.07) is 11.9. The highest BCUT2D eigenvalue weighted by Gasteiger charge is 2.38. The number of nitrogens with zero attached hydrogens (tertiary/aromatic N) is 3. The van der Waals surface area contributed by atoms with E-state index in [1.807, 2.05) is 19.1 Å². The molecule has 0 saturated carbocycles. The van der Waals surface area contributed by atoms with Gasteiger partial charge in [-0.3, -0.25) is 14.9 Å². The number of methoxy groups -OCH3 is 1. The van der Waals surface area contributed by atoms with E-state index in [1.54, 1.807) is 16.7 Å². The number of aromatic nitrogens is 2. The van der Waals surface area contributed by atoms with Crippen LogP contribution >= 0.6 is 0 Å². The quantitative estimate of drug-likeness (QED) is 0.0903. The number of hydrogen-bond acceptors (Lipinski definition) is 11. The first-order valence-corrected chi connectivity index (χ1v) is 12.9. The number of fused-ring (bicyclic) bond motifs is 5. The van der Waals surface area contributed by atoms with Crippen LogP contribution in [0, 0.1) is 10.1 Å². The molecule has 0 spiro atoms. The minimum absolute atomic E-state index is 0.0306. The lowest BCUT2D eigenvalue weighted by Gasteiger charge is -2.24.